The molecule has 27 heavy (non-hydrogen) atoms. The maximum atomic E-state index is 2.51. The van der Waals surface area contributed by atoms with Gasteiger partial charge in [0.25, 0.3) is 0 Å². The molecule has 1 aliphatic rings. The fourth-order valence-electron chi connectivity index (χ4n) is 5.34. The predicted octanol–water partition coefficient (Wildman–Crippen LogP) is 5.80. The lowest BCUT2D eigenvalue weighted by molar-refractivity contribution is 1.81. The first-order valence-corrected chi connectivity index (χ1v) is 12.7. The lowest BCUT2D eigenvalue weighted by Gasteiger charge is -2.16. The van der Waals surface area contributed by atoms with Crippen molar-refractivity contribution in [2.75, 3.05) is 0 Å². The molecule has 0 N–H and O–H groups in total. The Morgan fingerprint density at radius 1 is 0.519 bits per heavy atom. The van der Waals surface area contributed by atoms with E-state index in [1.54, 1.807) is 10.4 Å². The summed E-state index contributed by atoms with van der Waals surface area (Å²) in [5.41, 5.74) is 0. The second-order valence-electron chi connectivity index (χ2n) is 7.72. The van der Waals surface area contributed by atoms with Crippen molar-refractivity contribution >= 4 is 83.0 Å². The van der Waals surface area contributed by atoms with Crippen LogP contribution >= 0.6 is 11.3 Å². The fraction of sp³-hybridized carbons (Fsp3) is 0.0400. The summed E-state index contributed by atoms with van der Waals surface area (Å²) in [5.74, 6) is 0. The molecule has 0 saturated heterocycles. The van der Waals surface area contributed by atoms with Crippen LogP contribution in [0.5, 0.6) is 0 Å². The van der Waals surface area contributed by atoms with Crippen molar-refractivity contribution in [1.29, 1.82) is 0 Å². The van der Waals surface area contributed by atoms with Gasteiger partial charge in [0, 0.05) is 20.2 Å². The van der Waals surface area contributed by atoms with E-state index < -0.39 is 8.80 Å². The van der Waals surface area contributed by atoms with E-state index in [2.05, 4.69) is 79.3 Å². The zero-order chi connectivity index (χ0) is 17.7. The molecule has 2 heteroatoms. The van der Waals surface area contributed by atoms with Crippen LogP contribution in [0, 0.1) is 0 Å². The second-order valence-corrected chi connectivity index (χ2v) is 11.5. The number of hydrogen-bond donors (Lipinski definition) is 0. The Morgan fingerprint density at radius 2 is 1.15 bits per heavy atom. The summed E-state index contributed by atoms with van der Waals surface area (Å²) in [4.78, 5) is 0. The molecule has 7 rings (SSSR count). The van der Waals surface area contributed by atoms with E-state index in [0.29, 0.717) is 0 Å². The lowest BCUT2D eigenvalue weighted by Crippen LogP contribution is -2.39. The zero-order valence-corrected chi connectivity index (χ0v) is 16.9. The molecule has 6 aromatic rings. The van der Waals surface area contributed by atoms with Crippen LogP contribution in [0.3, 0.4) is 0 Å². The third-order valence-electron chi connectivity index (χ3n) is 6.48. The highest BCUT2D eigenvalue weighted by atomic mass is 32.1. The van der Waals surface area contributed by atoms with E-state index in [9.17, 15) is 0 Å². The van der Waals surface area contributed by atoms with Crippen LogP contribution in [0.2, 0.25) is 6.55 Å². The molecule has 1 aromatic heterocycles. The smallest absolute Gasteiger partial charge is 0.101 e. The number of rotatable bonds is 0. The minimum absolute atomic E-state index is 1.26. The molecule has 0 fully saturated rings. The summed E-state index contributed by atoms with van der Waals surface area (Å²) < 4.78 is 2.88. The van der Waals surface area contributed by atoms with E-state index in [1.165, 1.54) is 52.5 Å². The van der Waals surface area contributed by atoms with Crippen molar-refractivity contribution in [2.45, 2.75) is 6.55 Å². The Hall–Kier alpha value is -2.68. The zero-order valence-electron chi connectivity index (χ0n) is 14.9. The summed E-state index contributed by atoms with van der Waals surface area (Å²) in [6, 6.07) is 27.6. The Balaban J connectivity index is 1.98. The van der Waals surface area contributed by atoms with Gasteiger partial charge in [-0.2, -0.15) is 0 Å². The first kappa shape index (κ1) is 14.4. The number of benzene rings is 5. The van der Waals surface area contributed by atoms with E-state index in [4.69, 9.17) is 0 Å². The normalized spacial score (nSPS) is 16.0. The minimum Gasteiger partial charge on any atom is -0.135 e. The monoisotopic (exact) mass is 376 g/mol. The van der Waals surface area contributed by atoms with E-state index >= 15 is 0 Å². The van der Waals surface area contributed by atoms with Crippen molar-refractivity contribution in [3.8, 4) is 0 Å². The Kier molecular flexibility index (Phi) is 2.54. The highest BCUT2D eigenvalue weighted by molar-refractivity contribution is 7.26. The van der Waals surface area contributed by atoms with Gasteiger partial charge in [-0.25, -0.2) is 0 Å². The van der Waals surface area contributed by atoms with Gasteiger partial charge < -0.3 is 0 Å². The Morgan fingerprint density at radius 3 is 1.96 bits per heavy atom. The van der Waals surface area contributed by atoms with Crippen molar-refractivity contribution in [1.82, 2.24) is 0 Å². The summed E-state index contributed by atoms with van der Waals surface area (Å²) in [7, 11) is -1.26. The first-order valence-electron chi connectivity index (χ1n) is 9.54. The lowest BCUT2D eigenvalue weighted by atomic mass is 9.92. The van der Waals surface area contributed by atoms with Crippen molar-refractivity contribution in [2.24, 2.45) is 0 Å². The summed E-state index contributed by atoms with van der Waals surface area (Å²) >= 11 is 1.96. The predicted molar refractivity (Wildman–Crippen MR) is 124 cm³/mol. The van der Waals surface area contributed by atoms with Gasteiger partial charge >= 0.3 is 0 Å². The highest BCUT2D eigenvalue weighted by Gasteiger charge is 2.25. The molecule has 2 heterocycles. The minimum atomic E-state index is -1.26. The largest absolute Gasteiger partial charge is 0.135 e. The van der Waals surface area contributed by atoms with Crippen LogP contribution in [0.1, 0.15) is 0 Å². The third kappa shape index (κ3) is 1.60. The van der Waals surface area contributed by atoms with Crippen molar-refractivity contribution in [3.05, 3.63) is 72.8 Å². The van der Waals surface area contributed by atoms with Crippen LogP contribution in [0.15, 0.2) is 72.8 Å². The molecule has 0 nitrogen and oxygen atoms in total. The topological polar surface area (TPSA) is 0 Å². The Bertz CT molecular complexity index is 1590. The third-order valence-corrected chi connectivity index (χ3v) is 10.4. The van der Waals surface area contributed by atoms with Gasteiger partial charge in [0.15, 0.2) is 0 Å². The average Bonchev–Trinajstić information content (AvgIpc) is 3.06. The molecule has 1 aliphatic heterocycles. The molecule has 0 saturated carbocycles. The molecule has 0 amide bonds. The van der Waals surface area contributed by atoms with E-state index in [1.807, 2.05) is 11.3 Å². The van der Waals surface area contributed by atoms with Crippen molar-refractivity contribution < 1.29 is 0 Å². The maximum absolute atomic E-state index is 2.51. The van der Waals surface area contributed by atoms with Crippen LogP contribution in [-0.2, 0) is 0 Å². The van der Waals surface area contributed by atoms with Gasteiger partial charge in [0.1, 0.15) is 8.80 Å². The molecule has 126 valence electrons. The molecular formula is C25H16SSi. The summed E-state index contributed by atoms with van der Waals surface area (Å²) in [6.45, 7) is 2.51. The average molecular weight is 377 g/mol. The van der Waals surface area contributed by atoms with Gasteiger partial charge in [-0.1, -0.05) is 67.2 Å². The number of thiophene rings is 1. The molecule has 0 radical (unpaired) electrons. The summed E-state index contributed by atoms with van der Waals surface area (Å²) in [5, 5.41) is 14.9. The van der Waals surface area contributed by atoms with E-state index in [0.717, 1.165) is 0 Å². The molecule has 5 aromatic carbocycles. The fourth-order valence-corrected chi connectivity index (χ4v) is 9.19. The van der Waals surface area contributed by atoms with Gasteiger partial charge in [-0.3, -0.25) is 0 Å². The molecule has 0 spiro atoms. The van der Waals surface area contributed by atoms with Gasteiger partial charge in [0.2, 0.25) is 0 Å². The molecule has 1 atom stereocenters. The van der Waals surface area contributed by atoms with Gasteiger partial charge in [-0.15, -0.1) is 11.3 Å². The highest BCUT2D eigenvalue weighted by Crippen LogP contribution is 2.44. The quantitative estimate of drug-likeness (QED) is 0.232. The maximum Gasteiger partial charge on any atom is 0.101 e. The molecule has 0 aliphatic carbocycles. The van der Waals surface area contributed by atoms with Crippen LogP contribution < -0.4 is 10.4 Å². The second kappa shape index (κ2) is 4.77. The molecule has 1 unspecified atom stereocenters. The van der Waals surface area contributed by atoms with E-state index in [-0.39, 0.29) is 0 Å². The number of fused-ring (bicyclic) bond motifs is 3. The van der Waals surface area contributed by atoms with Crippen LogP contribution in [-0.4, -0.2) is 8.80 Å². The van der Waals surface area contributed by atoms with Gasteiger partial charge in [0.05, 0.1) is 0 Å². The summed E-state index contributed by atoms with van der Waals surface area (Å²) in [6.07, 6.45) is 0. The van der Waals surface area contributed by atoms with Crippen molar-refractivity contribution in [3.63, 3.8) is 0 Å². The van der Waals surface area contributed by atoms with Gasteiger partial charge in [-0.05, 0) is 54.8 Å². The SMILES string of the molecule is C[SiH]1c2cccc3sc4ccc5c6ccccc6c6cccc1c6c5c4c23. The van der Waals surface area contributed by atoms with Crippen LogP contribution in [0.4, 0.5) is 0 Å². The molecular weight excluding hydrogens is 360 g/mol. The van der Waals surface area contributed by atoms with Crippen LogP contribution in [0.25, 0.3) is 52.5 Å². The Labute approximate surface area is 162 Å². The standard InChI is InChI=1S/C25H16SSi/c1-27-20-10-4-8-16-14-6-2-3-7-15(14)17-12-13-19-25(23(17)22(16)20)24-18(26-19)9-5-11-21(24)27/h2-13,27H,1H3. The number of hydrogen-bond acceptors (Lipinski definition) is 1. The molecule has 0 bridgehead atoms. The first-order chi connectivity index (χ1) is 13.3.